The van der Waals surface area contributed by atoms with Crippen LogP contribution in [0, 0.1) is 22.5 Å². The van der Waals surface area contributed by atoms with Gasteiger partial charge in [0.2, 0.25) is 5.91 Å². The van der Waals surface area contributed by atoms with E-state index in [0.717, 1.165) is 49.8 Å². The van der Waals surface area contributed by atoms with E-state index in [4.69, 9.17) is 0 Å². The molecule has 4 amide bonds. The van der Waals surface area contributed by atoms with Gasteiger partial charge in [0.15, 0.2) is 0 Å². The van der Waals surface area contributed by atoms with Crippen LogP contribution < -0.4 is 21.4 Å². The Morgan fingerprint density at radius 2 is 1.33 bits per heavy atom. The number of methoxy groups -OCH3 is 2. The van der Waals surface area contributed by atoms with E-state index in [2.05, 4.69) is 35.7 Å². The summed E-state index contributed by atoms with van der Waals surface area (Å²) in [6, 6.07) is 2.94. The lowest BCUT2D eigenvalue weighted by Crippen LogP contribution is -2.63. The van der Waals surface area contributed by atoms with Crippen molar-refractivity contribution in [2.24, 2.45) is 10.8 Å². The number of alkyl halides is 7. The van der Waals surface area contributed by atoms with E-state index in [0.29, 0.717) is 24.1 Å². The Hall–Kier alpha value is -6.37. The molecule has 2 aromatic carbocycles. The van der Waals surface area contributed by atoms with E-state index < -0.39 is 115 Å². The minimum Gasteiger partial charge on any atom is -0.453 e. The van der Waals surface area contributed by atoms with Gasteiger partial charge < -0.3 is 30.5 Å². The first-order valence-electron chi connectivity index (χ1n) is 19.7. The molecular weight excluding hydrogens is 901 g/mol. The number of alkyl carbamates (subject to hydrolysis) is 2. The molecule has 2 aromatic heterocycles. The standard InChI is InChI=1S/C41H48F9N9O7/c1-39(2,3)31(53-37(63)65-6)34(62)56-57(19-25-26(42)15-23(16-27(25)43)28-12-13-58(55-28)35(44)45)20-30(60)29(52-33(61)32(54-38(64)66-7)40(4,5)41(48,49)50)14-21-8-10-22(11-9-21)24-17-51-59(18-24)36(46)47/h8-13,15-18,29-32,35-36,60H,14,19-20H2,1-7H3,(H,52,61)(H,53,63)(H,54,64)(H,56,62). The van der Waals surface area contributed by atoms with Crippen LogP contribution in [-0.2, 0) is 32.0 Å². The molecule has 0 aliphatic heterocycles. The molecule has 0 radical (unpaired) electrons. The van der Waals surface area contributed by atoms with Crippen LogP contribution in [0.4, 0.5) is 49.1 Å². The number of carbonyl (C=O) groups is 4. The van der Waals surface area contributed by atoms with Gasteiger partial charge >= 0.3 is 31.5 Å². The second-order valence-corrected chi connectivity index (χ2v) is 16.5. The number of carbonyl (C=O) groups excluding carboxylic acids is 4. The maximum atomic E-state index is 15.9. The highest BCUT2D eigenvalue weighted by molar-refractivity contribution is 5.87. The Balaban J connectivity index is 1.79. The number of nitrogens with one attached hydrogen (secondary N) is 4. The molecule has 0 bridgehead atoms. The third kappa shape index (κ3) is 13.1. The summed E-state index contributed by atoms with van der Waals surface area (Å²) in [5.41, 5.74) is -1.95. The van der Waals surface area contributed by atoms with Gasteiger partial charge in [-0.25, -0.2) is 32.7 Å². The van der Waals surface area contributed by atoms with Gasteiger partial charge in [0, 0.05) is 42.2 Å². The van der Waals surface area contributed by atoms with Gasteiger partial charge in [-0.05, 0) is 55.0 Å². The van der Waals surface area contributed by atoms with Crippen LogP contribution in [0.5, 0.6) is 0 Å². The fraction of sp³-hybridized carbons (Fsp3) is 0.463. The Morgan fingerprint density at radius 3 is 1.82 bits per heavy atom. The smallest absolute Gasteiger partial charge is 0.407 e. The first-order valence-corrected chi connectivity index (χ1v) is 19.7. The summed E-state index contributed by atoms with van der Waals surface area (Å²) >= 11 is 0. The van der Waals surface area contributed by atoms with Crippen LogP contribution in [-0.4, -0.2) is 105 Å². The van der Waals surface area contributed by atoms with Gasteiger partial charge in [-0.15, -0.1) is 0 Å². The molecular formula is C41H48F9N9O7. The number of halogens is 9. The van der Waals surface area contributed by atoms with Gasteiger partial charge in [0.1, 0.15) is 23.7 Å². The van der Waals surface area contributed by atoms with Crippen LogP contribution in [0.3, 0.4) is 0 Å². The number of aliphatic hydroxyl groups excluding tert-OH is 1. The predicted molar refractivity (Wildman–Crippen MR) is 216 cm³/mol. The van der Waals surface area contributed by atoms with Crippen molar-refractivity contribution in [3.8, 4) is 22.4 Å². The normalized spacial score (nSPS) is 14.1. The number of ether oxygens (including phenoxy) is 2. The highest BCUT2D eigenvalue weighted by atomic mass is 19.4. The number of nitrogens with zero attached hydrogens (tertiary/aromatic N) is 5. The molecule has 0 fully saturated rings. The van der Waals surface area contributed by atoms with Crippen LogP contribution in [0.25, 0.3) is 22.4 Å². The molecule has 0 spiro atoms. The fourth-order valence-electron chi connectivity index (χ4n) is 6.41. The number of aliphatic hydroxyl groups is 1. The average Bonchev–Trinajstić information content (AvgIpc) is 3.94. The Bertz CT molecular complexity index is 2290. The van der Waals surface area contributed by atoms with Crippen LogP contribution in [0.15, 0.2) is 61.1 Å². The highest BCUT2D eigenvalue weighted by Gasteiger charge is 2.56. The first-order chi connectivity index (χ1) is 30.7. The van der Waals surface area contributed by atoms with Crippen LogP contribution in [0.1, 0.15) is 58.8 Å². The van der Waals surface area contributed by atoms with Gasteiger partial charge in [0.05, 0.1) is 43.7 Å². The van der Waals surface area contributed by atoms with Crippen LogP contribution in [0.2, 0.25) is 0 Å². The number of rotatable bonds is 18. The Labute approximate surface area is 371 Å². The van der Waals surface area contributed by atoms with E-state index in [9.17, 15) is 55.0 Å². The molecule has 66 heavy (non-hydrogen) atoms. The lowest BCUT2D eigenvalue weighted by Gasteiger charge is -2.37. The van der Waals surface area contributed by atoms with Gasteiger partial charge in [-0.1, -0.05) is 45.0 Å². The van der Waals surface area contributed by atoms with E-state index in [1.807, 2.05) is 5.32 Å². The third-order valence-electron chi connectivity index (χ3n) is 10.3. The van der Waals surface area contributed by atoms with Gasteiger partial charge in [-0.2, -0.15) is 40.9 Å². The lowest BCUT2D eigenvalue weighted by molar-refractivity contribution is -0.220. The number of amides is 4. The molecule has 4 atom stereocenters. The number of aromatic nitrogens is 4. The SMILES string of the molecule is COC(=O)NC(C(=O)NN(Cc1c(F)cc(-c2ccn(C(F)F)n2)cc1F)CC(O)C(Cc1ccc(-c2cnn(C(F)F)c2)cc1)NC(=O)C(NC(=O)OC)C(C)(C)C(F)(F)F)C(C)(C)C. The predicted octanol–water partition coefficient (Wildman–Crippen LogP) is 6.49. The van der Waals surface area contributed by atoms with Crippen molar-refractivity contribution in [2.75, 3.05) is 20.8 Å². The van der Waals surface area contributed by atoms with E-state index in [-0.39, 0.29) is 27.1 Å². The van der Waals surface area contributed by atoms with Crippen molar-refractivity contribution >= 4 is 24.0 Å². The van der Waals surface area contributed by atoms with Crippen molar-refractivity contribution in [3.05, 3.63) is 83.8 Å². The zero-order valence-corrected chi connectivity index (χ0v) is 36.4. The zero-order chi connectivity index (χ0) is 49.5. The van der Waals surface area contributed by atoms with Crippen molar-refractivity contribution in [2.45, 2.75) is 91.1 Å². The zero-order valence-electron chi connectivity index (χ0n) is 36.4. The quantitative estimate of drug-likeness (QED) is 0.0544. The summed E-state index contributed by atoms with van der Waals surface area (Å²) in [7, 11) is 1.86. The summed E-state index contributed by atoms with van der Waals surface area (Å²) in [6.45, 7) is -1.91. The minimum absolute atomic E-state index is 0.231. The molecule has 0 saturated carbocycles. The van der Waals surface area contributed by atoms with Gasteiger partial charge in [0.25, 0.3) is 5.91 Å². The van der Waals surface area contributed by atoms with E-state index >= 15 is 8.78 Å². The van der Waals surface area contributed by atoms with Crippen LogP contribution >= 0.6 is 0 Å². The van der Waals surface area contributed by atoms with E-state index in [1.165, 1.54) is 30.5 Å². The molecule has 25 heteroatoms. The second-order valence-electron chi connectivity index (χ2n) is 16.5. The van der Waals surface area contributed by atoms with E-state index in [1.54, 1.807) is 20.8 Å². The molecule has 5 N–H and O–H groups in total. The Morgan fingerprint density at radius 1 is 0.773 bits per heavy atom. The summed E-state index contributed by atoms with van der Waals surface area (Å²) in [5.74, 6) is -5.05. The number of hydrazine groups is 1. The second kappa shape index (κ2) is 21.3. The lowest BCUT2D eigenvalue weighted by atomic mass is 9.82. The fourth-order valence-corrected chi connectivity index (χ4v) is 6.41. The molecule has 0 aliphatic carbocycles. The van der Waals surface area contributed by atoms with Gasteiger partial charge in [-0.3, -0.25) is 15.0 Å². The third-order valence-corrected chi connectivity index (χ3v) is 10.3. The topological polar surface area (TPSA) is 194 Å². The molecule has 16 nitrogen and oxygen atoms in total. The molecule has 4 rings (SSSR count). The average molecular weight is 950 g/mol. The maximum Gasteiger partial charge on any atom is 0.407 e. The number of benzene rings is 2. The summed E-state index contributed by atoms with van der Waals surface area (Å²) in [5, 5.41) is 26.4. The summed E-state index contributed by atoms with van der Waals surface area (Å²) < 4.78 is 137. The molecule has 2 heterocycles. The maximum absolute atomic E-state index is 15.9. The number of hydrogen-bond donors (Lipinski definition) is 5. The largest absolute Gasteiger partial charge is 0.453 e. The highest BCUT2D eigenvalue weighted by Crippen LogP contribution is 2.40. The summed E-state index contributed by atoms with van der Waals surface area (Å²) in [6.07, 6.45) is -6.87. The Kier molecular flexibility index (Phi) is 16.9. The molecule has 0 saturated heterocycles. The molecule has 4 aromatic rings. The minimum atomic E-state index is -5.12. The van der Waals surface area contributed by atoms with Crippen molar-refractivity contribution < 1.29 is 73.3 Å². The van der Waals surface area contributed by atoms with Crippen molar-refractivity contribution in [1.82, 2.24) is 45.9 Å². The number of hydrogen-bond acceptors (Lipinski definition) is 10. The molecule has 4 unspecified atom stereocenters. The van der Waals surface area contributed by atoms with Crippen molar-refractivity contribution in [3.63, 3.8) is 0 Å². The monoisotopic (exact) mass is 949 g/mol. The molecule has 362 valence electrons. The van der Waals surface area contributed by atoms with Crippen molar-refractivity contribution in [1.29, 1.82) is 0 Å². The molecule has 0 aliphatic rings. The first kappa shape index (κ1) is 52.3. The summed E-state index contributed by atoms with van der Waals surface area (Å²) in [4.78, 5) is 52.3.